The molecule has 1 heteroatoms. The Morgan fingerprint density at radius 3 is 1.67 bits per heavy atom. The van der Waals surface area contributed by atoms with E-state index in [2.05, 4.69) is 170 Å². The summed E-state index contributed by atoms with van der Waals surface area (Å²) in [6, 6.07) is 59.7. The van der Waals surface area contributed by atoms with Crippen molar-refractivity contribution in [3.05, 3.63) is 174 Å². The lowest BCUT2D eigenvalue weighted by molar-refractivity contribution is -0.0399. The lowest BCUT2D eigenvalue weighted by Gasteiger charge is -2.61. The fraction of sp³-hybridized carbons (Fsp3) is 0.355. The molecule has 2 spiro atoms. The average Bonchev–Trinajstić information content (AvgIpc) is 3.78. The highest BCUT2D eigenvalue weighted by Gasteiger charge is 2.62. The maximum absolute atomic E-state index is 2.61. The number of hydrogen-bond donors (Lipinski definition) is 0. The molecule has 7 aromatic carbocycles. The minimum absolute atomic E-state index is 0.0894. The van der Waals surface area contributed by atoms with Crippen LogP contribution in [0, 0.1) is 47.3 Å². The van der Waals surface area contributed by atoms with Gasteiger partial charge in [-0.3, -0.25) is 0 Å². The molecule has 63 heavy (non-hydrogen) atoms. The van der Waals surface area contributed by atoms with Crippen molar-refractivity contribution in [1.82, 2.24) is 0 Å². The molecule has 8 aliphatic rings. The van der Waals surface area contributed by atoms with Gasteiger partial charge in [0.1, 0.15) is 0 Å². The van der Waals surface area contributed by atoms with Gasteiger partial charge in [0.25, 0.3) is 0 Å². The van der Waals surface area contributed by atoms with Crippen LogP contribution < -0.4 is 4.90 Å². The van der Waals surface area contributed by atoms with Gasteiger partial charge in [0.15, 0.2) is 0 Å². The molecule has 0 aromatic heterocycles. The number of hydrogen-bond acceptors (Lipinski definition) is 1. The van der Waals surface area contributed by atoms with Crippen LogP contribution in [-0.4, -0.2) is 0 Å². The Bertz CT molecular complexity index is 2940. The molecule has 8 aliphatic carbocycles. The first-order chi connectivity index (χ1) is 31.0. The predicted octanol–water partition coefficient (Wildman–Crippen LogP) is 16.4. The van der Waals surface area contributed by atoms with Crippen LogP contribution >= 0.6 is 0 Å². The molecule has 0 N–H and O–H groups in total. The van der Waals surface area contributed by atoms with Crippen LogP contribution in [0.2, 0.25) is 0 Å². The van der Waals surface area contributed by atoms with E-state index in [1.807, 2.05) is 0 Å². The molecule has 0 aliphatic heterocycles. The number of anilines is 3. The summed E-state index contributed by atoms with van der Waals surface area (Å²) in [5, 5.41) is 2.57. The molecule has 0 saturated heterocycles. The molecule has 0 amide bonds. The summed E-state index contributed by atoms with van der Waals surface area (Å²) in [7, 11) is 0. The number of benzene rings is 7. The van der Waals surface area contributed by atoms with Crippen molar-refractivity contribution in [2.24, 2.45) is 47.3 Å². The summed E-state index contributed by atoms with van der Waals surface area (Å²) in [6.07, 6.45) is 13.9. The van der Waals surface area contributed by atoms with Gasteiger partial charge in [-0.05, 0) is 201 Å². The normalized spacial score (nSPS) is 31.3. The van der Waals surface area contributed by atoms with E-state index in [4.69, 9.17) is 0 Å². The fourth-order valence-electron chi connectivity index (χ4n) is 16.9. The van der Waals surface area contributed by atoms with Crippen molar-refractivity contribution in [3.63, 3.8) is 0 Å². The first-order valence-electron chi connectivity index (χ1n) is 24.9. The first kappa shape index (κ1) is 37.0. The molecule has 1 nitrogen and oxygen atoms in total. The van der Waals surface area contributed by atoms with E-state index >= 15 is 0 Å². The van der Waals surface area contributed by atoms with Crippen molar-refractivity contribution in [2.45, 2.75) is 88.9 Å². The molecule has 6 saturated carbocycles. The zero-order valence-electron chi connectivity index (χ0n) is 37.1. The van der Waals surface area contributed by atoms with Crippen LogP contribution in [-0.2, 0) is 10.8 Å². The zero-order valence-corrected chi connectivity index (χ0v) is 37.1. The molecular weight excluding hydrogens is 759 g/mol. The molecule has 0 heterocycles. The van der Waals surface area contributed by atoms with Gasteiger partial charge in [0.05, 0.1) is 0 Å². The van der Waals surface area contributed by atoms with Crippen molar-refractivity contribution in [3.8, 4) is 33.4 Å². The van der Waals surface area contributed by atoms with Gasteiger partial charge in [-0.25, -0.2) is 0 Å². The standard InChI is InChI=1S/C62H59N/c1-3-46-29-39-17-16-38(2)60(34-39)62(46)57-15-9-7-13-53(57)55-37-51(25-27-59(55)62)63(49-22-20-43(21-23-49)45-19-18-42-10-4-5-11-44(42)35-45)50-24-26-58-54(36-50)52-12-6-8-14-56(52)61(58)47-30-40-28-41(32-47)33-48(61)31-40/h4-15,18-27,35-41,46-48,60H,3,16-17,28-34H2,1-2H3/t38-,39?,40?,41?,46?,47?,48?,60?,61?,62?/m0/s1. The minimum atomic E-state index is 0.0894. The Morgan fingerprint density at radius 1 is 0.444 bits per heavy atom. The Kier molecular flexibility index (Phi) is 7.97. The van der Waals surface area contributed by atoms with E-state index < -0.39 is 0 Å². The second kappa shape index (κ2) is 13.6. The number of rotatable bonds is 5. The van der Waals surface area contributed by atoms with Crippen molar-refractivity contribution < 1.29 is 0 Å². The second-order valence-corrected chi connectivity index (χ2v) is 21.6. The van der Waals surface area contributed by atoms with Gasteiger partial charge in [-0.1, -0.05) is 142 Å². The zero-order chi connectivity index (χ0) is 41.6. The minimum Gasteiger partial charge on any atom is -0.310 e. The maximum atomic E-state index is 2.61. The second-order valence-electron chi connectivity index (χ2n) is 21.6. The molecule has 0 radical (unpaired) electrons. The Balaban J connectivity index is 0.947. The van der Waals surface area contributed by atoms with E-state index in [0.717, 1.165) is 35.5 Å². The van der Waals surface area contributed by atoms with E-state index in [0.29, 0.717) is 11.8 Å². The highest BCUT2D eigenvalue weighted by Crippen LogP contribution is 2.70. The SMILES string of the molecule is CCC1CC2CC[C@H](C)C(C2)C12c1ccccc1-c1cc(N(c3ccc(-c4ccc5ccccc5c4)cc3)c3ccc4c(c3)-c3ccccc3C43C4CC5CC(C4)CC3C5)ccc12. The van der Waals surface area contributed by atoms with E-state index in [9.17, 15) is 0 Å². The van der Waals surface area contributed by atoms with E-state index in [1.165, 1.54) is 125 Å². The van der Waals surface area contributed by atoms with Crippen LogP contribution in [0.1, 0.15) is 100 Å². The van der Waals surface area contributed by atoms with Crippen molar-refractivity contribution >= 4 is 27.8 Å². The Labute approximate surface area is 374 Å². The lowest BCUT2D eigenvalue weighted by Crippen LogP contribution is -2.55. The summed E-state index contributed by atoms with van der Waals surface area (Å²) in [5.74, 6) is 6.38. The topological polar surface area (TPSA) is 3.24 Å². The van der Waals surface area contributed by atoms with Crippen molar-refractivity contribution in [2.75, 3.05) is 4.90 Å². The average molecular weight is 818 g/mol. The quantitative estimate of drug-likeness (QED) is 0.167. The van der Waals surface area contributed by atoms with Crippen LogP contribution in [0.25, 0.3) is 44.2 Å². The van der Waals surface area contributed by atoms with Crippen LogP contribution in [0.4, 0.5) is 17.1 Å². The fourth-order valence-corrected chi connectivity index (χ4v) is 16.9. The van der Waals surface area contributed by atoms with Crippen LogP contribution in [0.5, 0.6) is 0 Å². The summed E-state index contributed by atoms with van der Waals surface area (Å²) in [5.41, 5.74) is 18.9. The maximum Gasteiger partial charge on any atom is 0.0468 e. The molecule has 312 valence electrons. The summed E-state index contributed by atoms with van der Waals surface area (Å²) >= 11 is 0. The van der Waals surface area contributed by atoms with Gasteiger partial charge in [0.2, 0.25) is 0 Å². The summed E-state index contributed by atoms with van der Waals surface area (Å²) in [6.45, 7) is 5.06. The third-order valence-corrected chi connectivity index (χ3v) is 19.0. The Morgan fingerprint density at radius 2 is 1.00 bits per heavy atom. The van der Waals surface area contributed by atoms with E-state index in [-0.39, 0.29) is 10.8 Å². The van der Waals surface area contributed by atoms with Gasteiger partial charge < -0.3 is 4.90 Å². The lowest BCUT2D eigenvalue weighted by atomic mass is 9.43. The molecule has 15 rings (SSSR count). The predicted molar refractivity (Wildman–Crippen MR) is 262 cm³/mol. The number of fused-ring (bicyclic) bond motifs is 12. The van der Waals surface area contributed by atoms with E-state index in [1.54, 1.807) is 22.3 Å². The molecule has 6 bridgehead atoms. The third-order valence-electron chi connectivity index (χ3n) is 19.0. The molecule has 6 fully saturated rings. The largest absolute Gasteiger partial charge is 0.310 e. The smallest absolute Gasteiger partial charge is 0.0468 e. The van der Waals surface area contributed by atoms with Crippen LogP contribution in [0.3, 0.4) is 0 Å². The monoisotopic (exact) mass is 817 g/mol. The third kappa shape index (κ3) is 5.01. The highest BCUT2D eigenvalue weighted by atomic mass is 15.1. The van der Waals surface area contributed by atoms with Gasteiger partial charge in [-0.15, -0.1) is 0 Å². The molecule has 5 atom stereocenters. The Hall–Kier alpha value is -5.40. The summed E-state index contributed by atoms with van der Waals surface area (Å²) in [4.78, 5) is 2.60. The number of nitrogens with zero attached hydrogens (tertiary/aromatic N) is 1. The summed E-state index contributed by atoms with van der Waals surface area (Å²) < 4.78 is 0. The van der Waals surface area contributed by atoms with Gasteiger partial charge >= 0.3 is 0 Å². The van der Waals surface area contributed by atoms with Gasteiger partial charge in [0, 0.05) is 27.9 Å². The molecular formula is C62H59N. The first-order valence-corrected chi connectivity index (χ1v) is 24.9. The molecule has 4 unspecified atom stereocenters. The van der Waals surface area contributed by atoms with Crippen molar-refractivity contribution in [1.29, 1.82) is 0 Å². The molecule has 7 aromatic rings. The van der Waals surface area contributed by atoms with Gasteiger partial charge in [-0.2, -0.15) is 0 Å². The van der Waals surface area contributed by atoms with Crippen LogP contribution in [0.15, 0.2) is 152 Å². The highest BCUT2D eigenvalue weighted by molar-refractivity contribution is 5.91.